The maximum atomic E-state index is 6.09. The van der Waals surface area contributed by atoms with Gasteiger partial charge in [-0.15, -0.1) is 11.3 Å². The third kappa shape index (κ3) is 2.17. The first kappa shape index (κ1) is 13.4. The lowest BCUT2D eigenvalue weighted by Gasteiger charge is -2.12. The van der Waals surface area contributed by atoms with Crippen LogP contribution in [0, 0.1) is 6.92 Å². The van der Waals surface area contributed by atoms with Gasteiger partial charge in [-0.25, -0.2) is 0 Å². The smallest absolute Gasteiger partial charge is 0.0483 e. The summed E-state index contributed by atoms with van der Waals surface area (Å²) in [6.07, 6.45) is 2.28. The second-order valence-corrected chi connectivity index (χ2v) is 6.44. The molecule has 3 aromatic rings. The van der Waals surface area contributed by atoms with Crippen molar-refractivity contribution in [2.45, 2.75) is 26.3 Å². The van der Waals surface area contributed by atoms with E-state index in [4.69, 9.17) is 5.73 Å². The van der Waals surface area contributed by atoms with Gasteiger partial charge >= 0.3 is 0 Å². The summed E-state index contributed by atoms with van der Waals surface area (Å²) in [6, 6.07) is 13.0. The summed E-state index contributed by atoms with van der Waals surface area (Å²) in [5.41, 5.74) is 8.74. The maximum Gasteiger partial charge on any atom is 0.0483 e. The average molecular weight is 284 g/mol. The Morgan fingerprint density at radius 3 is 2.65 bits per heavy atom. The Hall–Kier alpha value is -1.58. The van der Waals surface area contributed by atoms with Crippen molar-refractivity contribution >= 4 is 22.2 Å². The van der Waals surface area contributed by atoms with Crippen molar-refractivity contribution in [3.8, 4) is 0 Å². The van der Waals surface area contributed by atoms with Gasteiger partial charge < -0.3 is 10.3 Å². The van der Waals surface area contributed by atoms with E-state index in [0.717, 1.165) is 6.54 Å². The fourth-order valence-corrected chi connectivity index (χ4v) is 3.86. The standard InChI is InChI=1S/C17H20N2S/c1-3-19-11-15(13-6-4-5-7-16(13)19)14(10-18)17-9-8-12(2)20-17/h4-9,11,14H,3,10,18H2,1-2H3. The molecule has 3 heteroatoms. The molecule has 2 nitrogen and oxygen atoms in total. The molecule has 2 heterocycles. The van der Waals surface area contributed by atoms with Crippen molar-refractivity contribution in [3.05, 3.63) is 57.9 Å². The van der Waals surface area contributed by atoms with E-state index in [1.165, 1.54) is 26.2 Å². The fourth-order valence-electron chi connectivity index (χ4n) is 2.85. The quantitative estimate of drug-likeness (QED) is 0.767. The monoisotopic (exact) mass is 284 g/mol. The van der Waals surface area contributed by atoms with Crippen LogP contribution in [0.15, 0.2) is 42.6 Å². The Balaban J connectivity index is 2.17. The summed E-state index contributed by atoms with van der Waals surface area (Å²) in [6.45, 7) is 5.97. The Morgan fingerprint density at radius 1 is 1.20 bits per heavy atom. The predicted octanol–water partition coefficient (Wildman–Crippen LogP) is 4.12. The molecule has 1 unspecified atom stereocenters. The van der Waals surface area contributed by atoms with Gasteiger partial charge in [0.05, 0.1) is 0 Å². The molecule has 20 heavy (non-hydrogen) atoms. The molecule has 0 spiro atoms. The summed E-state index contributed by atoms with van der Waals surface area (Å²) in [4.78, 5) is 2.71. The van der Waals surface area contributed by atoms with Crippen LogP contribution in [0.1, 0.15) is 28.2 Å². The Kier molecular flexibility index (Phi) is 3.64. The van der Waals surface area contributed by atoms with E-state index in [1.54, 1.807) is 0 Å². The molecule has 1 aromatic carbocycles. The van der Waals surface area contributed by atoms with E-state index in [9.17, 15) is 0 Å². The van der Waals surface area contributed by atoms with Gasteiger partial charge in [-0.1, -0.05) is 18.2 Å². The molecule has 0 fully saturated rings. The molecular weight excluding hydrogens is 264 g/mol. The van der Waals surface area contributed by atoms with E-state index in [-0.39, 0.29) is 0 Å². The Labute approximate surface area is 123 Å². The molecular formula is C17H20N2S. The van der Waals surface area contributed by atoms with Crippen LogP contribution in [0.25, 0.3) is 10.9 Å². The third-order valence-corrected chi connectivity index (χ3v) is 4.99. The van der Waals surface area contributed by atoms with Crippen molar-refractivity contribution in [2.24, 2.45) is 5.73 Å². The number of nitrogens with zero attached hydrogens (tertiary/aromatic N) is 1. The first-order valence-corrected chi connectivity index (χ1v) is 7.90. The number of rotatable bonds is 4. The van der Waals surface area contributed by atoms with Crippen LogP contribution < -0.4 is 5.73 Å². The predicted molar refractivity (Wildman–Crippen MR) is 87.6 cm³/mol. The van der Waals surface area contributed by atoms with Crippen molar-refractivity contribution in [1.82, 2.24) is 4.57 Å². The zero-order valence-corrected chi connectivity index (χ0v) is 12.8. The lowest BCUT2D eigenvalue weighted by molar-refractivity contribution is 0.777. The Bertz CT molecular complexity index is 724. The van der Waals surface area contributed by atoms with Crippen LogP contribution in [0.3, 0.4) is 0 Å². The number of benzene rings is 1. The molecule has 0 radical (unpaired) electrons. The van der Waals surface area contributed by atoms with Crippen molar-refractivity contribution < 1.29 is 0 Å². The normalized spacial score (nSPS) is 12.9. The summed E-state index contributed by atoms with van der Waals surface area (Å²) < 4.78 is 2.31. The summed E-state index contributed by atoms with van der Waals surface area (Å²) in [5, 5.41) is 1.33. The van der Waals surface area contributed by atoms with Gasteiger partial charge in [-0.3, -0.25) is 0 Å². The van der Waals surface area contributed by atoms with Gasteiger partial charge in [-0.2, -0.15) is 0 Å². The highest BCUT2D eigenvalue weighted by molar-refractivity contribution is 7.12. The van der Waals surface area contributed by atoms with Crippen molar-refractivity contribution in [3.63, 3.8) is 0 Å². The molecule has 0 bridgehead atoms. The molecule has 0 aliphatic heterocycles. The van der Waals surface area contributed by atoms with E-state index >= 15 is 0 Å². The van der Waals surface area contributed by atoms with Crippen LogP contribution in [0.4, 0.5) is 0 Å². The van der Waals surface area contributed by atoms with Crippen LogP contribution >= 0.6 is 11.3 Å². The number of para-hydroxylation sites is 1. The van der Waals surface area contributed by atoms with Gasteiger partial charge in [0.15, 0.2) is 0 Å². The van der Waals surface area contributed by atoms with Gasteiger partial charge in [0.1, 0.15) is 0 Å². The molecule has 3 rings (SSSR count). The minimum Gasteiger partial charge on any atom is -0.347 e. The second-order valence-electron chi connectivity index (χ2n) is 5.12. The molecule has 2 aromatic heterocycles. The molecule has 0 saturated heterocycles. The molecule has 0 saturated carbocycles. The topological polar surface area (TPSA) is 30.9 Å². The first-order chi connectivity index (χ1) is 9.74. The molecule has 0 amide bonds. The van der Waals surface area contributed by atoms with Gasteiger partial charge in [0.2, 0.25) is 0 Å². The average Bonchev–Trinajstić information content (AvgIpc) is 3.05. The number of hydrogen-bond acceptors (Lipinski definition) is 2. The lowest BCUT2D eigenvalue weighted by atomic mass is 9.97. The highest BCUT2D eigenvalue weighted by Gasteiger charge is 2.19. The summed E-state index contributed by atoms with van der Waals surface area (Å²) in [7, 11) is 0. The van der Waals surface area contributed by atoms with Crippen molar-refractivity contribution in [2.75, 3.05) is 6.54 Å². The summed E-state index contributed by atoms with van der Waals surface area (Å²) >= 11 is 1.85. The third-order valence-electron chi connectivity index (χ3n) is 3.88. The van der Waals surface area contributed by atoms with Gasteiger partial charge in [-0.05, 0) is 37.6 Å². The van der Waals surface area contributed by atoms with E-state index in [2.05, 4.69) is 61.0 Å². The summed E-state index contributed by atoms with van der Waals surface area (Å²) in [5.74, 6) is 0.298. The zero-order chi connectivity index (χ0) is 14.1. The van der Waals surface area contributed by atoms with Crippen LogP contribution in [-0.4, -0.2) is 11.1 Å². The number of nitrogens with two attached hydrogens (primary N) is 1. The van der Waals surface area contributed by atoms with Crippen LogP contribution in [0.2, 0.25) is 0 Å². The number of aromatic nitrogens is 1. The van der Waals surface area contributed by atoms with Crippen LogP contribution in [-0.2, 0) is 6.54 Å². The number of aryl methyl sites for hydroxylation is 2. The van der Waals surface area contributed by atoms with Gasteiger partial charge in [0.25, 0.3) is 0 Å². The van der Waals surface area contributed by atoms with E-state index in [0.29, 0.717) is 12.5 Å². The molecule has 104 valence electrons. The van der Waals surface area contributed by atoms with E-state index < -0.39 is 0 Å². The van der Waals surface area contributed by atoms with Crippen LogP contribution in [0.5, 0.6) is 0 Å². The minimum atomic E-state index is 0.298. The minimum absolute atomic E-state index is 0.298. The number of fused-ring (bicyclic) bond motifs is 1. The van der Waals surface area contributed by atoms with Gasteiger partial charge in [0, 0.05) is 45.9 Å². The van der Waals surface area contributed by atoms with E-state index in [1.807, 2.05) is 11.3 Å². The number of thiophene rings is 1. The van der Waals surface area contributed by atoms with Crippen molar-refractivity contribution in [1.29, 1.82) is 0 Å². The highest BCUT2D eigenvalue weighted by Crippen LogP contribution is 2.34. The molecule has 2 N–H and O–H groups in total. The largest absolute Gasteiger partial charge is 0.347 e. The zero-order valence-electron chi connectivity index (χ0n) is 12.0. The SMILES string of the molecule is CCn1cc(C(CN)c2ccc(C)s2)c2ccccc21. The molecule has 0 aliphatic rings. The lowest BCUT2D eigenvalue weighted by Crippen LogP contribution is -2.12. The first-order valence-electron chi connectivity index (χ1n) is 7.08. The second kappa shape index (κ2) is 5.43. The highest BCUT2D eigenvalue weighted by atomic mass is 32.1. The maximum absolute atomic E-state index is 6.09. The molecule has 0 aliphatic carbocycles. The molecule has 1 atom stereocenters. The fraction of sp³-hybridized carbons (Fsp3) is 0.294. The number of hydrogen-bond donors (Lipinski definition) is 1. The Morgan fingerprint density at radius 2 is 2.00 bits per heavy atom.